The van der Waals surface area contributed by atoms with Crippen LogP contribution in [-0.2, 0) is 16.0 Å². The number of carbonyl (C=O) groups is 2. The summed E-state index contributed by atoms with van der Waals surface area (Å²) in [6, 6.07) is 15.7. The van der Waals surface area contributed by atoms with Crippen molar-refractivity contribution in [3.8, 4) is 11.1 Å². The fraction of sp³-hybridized carbons (Fsp3) is 0.500. The molecule has 2 aromatic rings. The van der Waals surface area contributed by atoms with Gasteiger partial charge in [0.1, 0.15) is 0 Å². The molecule has 2 aliphatic heterocycles. The van der Waals surface area contributed by atoms with Crippen LogP contribution in [0.3, 0.4) is 0 Å². The van der Waals surface area contributed by atoms with Crippen molar-refractivity contribution in [1.82, 2.24) is 4.90 Å². The zero-order chi connectivity index (χ0) is 22.8. The first-order valence-corrected chi connectivity index (χ1v) is 12.5. The number of methoxy groups -OCH3 is 1. The number of ether oxygens (including phenoxy) is 1. The lowest BCUT2D eigenvalue weighted by Gasteiger charge is -2.28. The molecule has 0 spiro atoms. The highest BCUT2D eigenvalue weighted by atomic mass is 16.5. The van der Waals surface area contributed by atoms with E-state index in [1.54, 1.807) is 0 Å². The first kappa shape index (κ1) is 22.0. The van der Waals surface area contributed by atoms with Crippen molar-refractivity contribution in [2.24, 2.45) is 5.92 Å². The van der Waals surface area contributed by atoms with Crippen LogP contribution in [0.25, 0.3) is 11.1 Å². The Morgan fingerprint density at radius 1 is 0.909 bits per heavy atom. The normalized spacial score (nSPS) is 22.3. The minimum absolute atomic E-state index is 0.0827. The van der Waals surface area contributed by atoms with Gasteiger partial charge in [0, 0.05) is 31.7 Å². The maximum Gasteiger partial charge on any atom is 0.324 e. The third-order valence-electron chi connectivity index (χ3n) is 7.83. The summed E-state index contributed by atoms with van der Waals surface area (Å²) in [4.78, 5) is 28.4. The maximum absolute atomic E-state index is 12.9. The minimum atomic E-state index is -0.0827. The molecule has 0 unspecified atom stereocenters. The van der Waals surface area contributed by atoms with Gasteiger partial charge in [-0.3, -0.25) is 9.69 Å². The SMILES string of the molecule is COC(=O)C[C@H]1CC[C@H](c2ccc(-c3ccc4c(c3)CCN4C(=O)N3CCCC3)cc2)CC1. The van der Waals surface area contributed by atoms with Gasteiger partial charge in [-0.05, 0) is 91.2 Å². The summed E-state index contributed by atoms with van der Waals surface area (Å²) in [5.74, 6) is 0.968. The Morgan fingerprint density at radius 2 is 1.61 bits per heavy atom. The number of rotatable bonds is 4. The second kappa shape index (κ2) is 9.58. The van der Waals surface area contributed by atoms with E-state index in [4.69, 9.17) is 4.74 Å². The Bertz CT molecular complexity index is 1000. The van der Waals surface area contributed by atoms with Crippen molar-refractivity contribution < 1.29 is 14.3 Å². The largest absolute Gasteiger partial charge is 0.469 e. The molecule has 1 saturated heterocycles. The molecule has 3 aliphatic rings. The van der Waals surface area contributed by atoms with Gasteiger partial charge in [0.25, 0.3) is 0 Å². The van der Waals surface area contributed by atoms with Crippen LogP contribution in [0.4, 0.5) is 10.5 Å². The van der Waals surface area contributed by atoms with Gasteiger partial charge in [0.05, 0.1) is 7.11 Å². The highest BCUT2D eigenvalue weighted by molar-refractivity contribution is 5.95. The number of anilines is 1. The molecule has 0 bridgehead atoms. The quantitative estimate of drug-likeness (QED) is 0.560. The summed E-state index contributed by atoms with van der Waals surface area (Å²) in [6.07, 6.45) is 8.20. The van der Waals surface area contributed by atoms with Gasteiger partial charge in [0.15, 0.2) is 0 Å². The summed E-state index contributed by atoms with van der Waals surface area (Å²) >= 11 is 0. The van der Waals surface area contributed by atoms with Crippen LogP contribution in [0.2, 0.25) is 0 Å². The first-order chi connectivity index (χ1) is 16.1. The maximum atomic E-state index is 12.9. The number of urea groups is 1. The highest BCUT2D eigenvalue weighted by Gasteiger charge is 2.30. The van der Waals surface area contributed by atoms with Crippen molar-refractivity contribution >= 4 is 17.7 Å². The lowest BCUT2D eigenvalue weighted by molar-refractivity contribution is -0.142. The van der Waals surface area contributed by atoms with Crippen LogP contribution in [0.1, 0.15) is 62.0 Å². The number of nitrogens with zero attached hydrogens (tertiary/aromatic N) is 2. The first-order valence-electron chi connectivity index (χ1n) is 12.5. The van der Waals surface area contributed by atoms with Crippen LogP contribution >= 0.6 is 0 Å². The van der Waals surface area contributed by atoms with E-state index in [9.17, 15) is 9.59 Å². The number of fused-ring (bicyclic) bond motifs is 1. The minimum Gasteiger partial charge on any atom is -0.469 e. The molecule has 2 heterocycles. The smallest absolute Gasteiger partial charge is 0.324 e. The fourth-order valence-corrected chi connectivity index (χ4v) is 5.83. The molecular weight excluding hydrogens is 412 g/mol. The van der Waals surface area contributed by atoms with Crippen LogP contribution < -0.4 is 4.90 Å². The number of hydrogen-bond acceptors (Lipinski definition) is 3. The standard InChI is InChI=1S/C28H34N2O3/c1-33-27(31)18-20-4-6-21(7-5-20)22-8-10-23(11-9-22)24-12-13-26-25(19-24)14-17-30(26)28(32)29-15-2-3-16-29/h8-13,19-21H,2-7,14-18H2,1H3/t20-,21-. The van der Waals surface area contributed by atoms with Crippen LogP contribution in [0, 0.1) is 5.92 Å². The van der Waals surface area contributed by atoms with Gasteiger partial charge in [-0.15, -0.1) is 0 Å². The molecular formula is C28H34N2O3. The number of carbonyl (C=O) groups excluding carboxylic acids is 2. The molecule has 5 rings (SSSR count). The Hall–Kier alpha value is -2.82. The van der Waals surface area contributed by atoms with E-state index >= 15 is 0 Å². The molecule has 5 heteroatoms. The van der Waals surface area contributed by atoms with E-state index in [-0.39, 0.29) is 12.0 Å². The molecule has 5 nitrogen and oxygen atoms in total. The molecule has 1 saturated carbocycles. The molecule has 174 valence electrons. The van der Waals surface area contributed by atoms with Crippen molar-refractivity contribution in [1.29, 1.82) is 0 Å². The predicted octanol–water partition coefficient (Wildman–Crippen LogP) is 5.77. The van der Waals surface area contributed by atoms with E-state index in [2.05, 4.69) is 42.5 Å². The third-order valence-corrected chi connectivity index (χ3v) is 7.83. The summed E-state index contributed by atoms with van der Waals surface area (Å²) < 4.78 is 4.83. The summed E-state index contributed by atoms with van der Waals surface area (Å²) in [7, 11) is 1.47. The second-order valence-corrected chi connectivity index (χ2v) is 9.84. The number of amides is 2. The monoisotopic (exact) mass is 446 g/mol. The topological polar surface area (TPSA) is 49.9 Å². The summed E-state index contributed by atoms with van der Waals surface area (Å²) in [6.45, 7) is 2.57. The molecule has 1 aliphatic carbocycles. The average Bonchev–Trinajstić information content (AvgIpc) is 3.54. The van der Waals surface area contributed by atoms with Gasteiger partial charge < -0.3 is 9.64 Å². The van der Waals surface area contributed by atoms with Crippen LogP contribution in [0.5, 0.6) is 0 Å². The average molecular weight is 447 g/mol. The molecule has 0 aromatic heterocycles. The number of likely N-dealkylation sites (tertiary alicyclic amines) is 1. The number of hydrogen-bond donors (Lipinski definition) is 0. The molecule has 0 atom stereocenters. The molecule has 0 radical (unpaired) electrons. The summed E-state index contributed by atoms with van der Waals surface area (Å²) in [5.41, 5.74) is 6.20. The van der Waals surface area contributed by atoms with Crippen molar-refractivity contribution in [2.45, 2.75) is 57.3 Å². The molecule has 33 heavy (non-hydrogen) atoms. The lowest BCUT2D eigenvalue weighted by Crippen LogP contribution is -2.40. The Labute approximate surface area is 196 Å². The second-order valence-electron chi connectivity index (χ2n) is 9.84. The van der Waals surface area contributed by atoms with E-state index in [0.29, 0.717) is 18.3 Å². The van der Waals surface area contributed by atoms with E-state index in [1.165, 1.54) is 29.4 Å². The molecule has 2 fully saturated rings. The van der Waals surface area contributed by atoms with Gasteiger partial charge in [-0.2, -0.15) is 0 Å². The fourth-order valence-electron chi connectivity index (χ4n) is 5.83. The zero-order valence-corrected chi connectivity index (χ0v) is 19.6. The lowest BCUT2D eigenvalue weighted by atomic mass is 9.77. The number of benzene rings is 2. The van der Waals surface area contributed by atoms with Gasteiger partial charge in [-0.1, -0.05) is 30.3 Å². The van der Waals surface area contributed by atoms with Crippen molar-refractivity contribution in [3.63, 3.8) is 0 Å². The van der Waals surface area contributed by atoms with E-state index in [1.807, 2.05) is 9.80 Å². The van der Waals surface area contributed by atoms with E-state index in [0.717, 1.165) is 70.3 Å². The van der Waals surface area contributed by atoms with Crippen molar-refractivity contribution in [3.05, 3.63) is 53.6 Å². The highest BCUT2D eigenvalue weighted by Crippen LogP contribution is 2.38. The Kier molecular flexibility index (Phi) is 6.39. The van der Waals surface area contributed by atoms with Crippen molar-refractivity contribution in [2.75, 3.05) is 31.6 Å². The van der Waals surface area contributed by atoms with Gasteiger partial charge >= 0.3 is 12.0 Å². The third kappa shape index (κ3) is 4.64. The zero-order valence-electron chi connectivity index (χ0n) is 19.6. The van der Waals surface area contributed by atoms with Gasteiger partial charge in [0.2, 0.25) is 0 Å². The van der Waals surface area contributed by atoms with Crippen LogP contribution in [0.15, 0.2) is 42.5 Å². The van der Waals surface area contributed by atoms with Crippen LogP contribution in [-0.4, -0.2) is 43.6 Å². The predicted molar refractivity (Wildman–Crippen MR) is 130 cm³/mol. The molecule has 2 aromatic carbocycles. The molecule has 0 N–H and O–H groups in total. The van der Waals surface area contributed by atoms with Gasteiger partial charge in [-0.25, -0.2) is 4.79 Å². The summed E-state index contributed by atoms with van der Waals surface area (Å²) in [5, 5.41) is 0. The molecule has 2 amide bonds. The number of esters is 1. The Balaban J connectivity index is 1.23. The Morgan fingerprint density at radius 3 is 2.30 bits per heavy atom. The van der Waals surface area contributed by atoms with E-state index < -0.39 is 0 Å².